The first-order chi connectivity index (χ1) is 8.56. The third-order valence-corrected chi connectivity index (χ3v) is 2.82. The number of carbonyl (C=O) groups is 2. The molecule has 1 heterocycles. The summed E-state index contributed by atoms with van der Waals surface area (Å²) in [6.07, 6.45) is 0. The molecule has 0 atom stereocenters. The van der Waals surface area contributed by atoms with Crippen LogP contribution in [-0.2, 0) is 4.79 Å². The molecule has 0 spiro atoms. The normalized spacial score (nSPS) is 14.5. The van der Waals surface area contributed by atoms with Gasteiger partial charge in [-0.3, -0.25) is 4.79 Å². The van der Waals surface area contributed by atoms with Gasteiger partial charge in [-0.15, -0.1) is 0 Å². The molecule has 1 aromatic carbocycles. The highest BCUT2D eigenvalue weighted by molar-refractivity contribution is 5.95. The van der Waals surface area contributed by atoms with Crippen LogP contribution in [0.4, 0.5) is 16.2 Å². The summed E-state index contributed by atoms with van der Waals surface area (Å²) in [7, 11) is 0. The molecule has 0 bridgehead atoms. The van der Waals surface area contributed by atoms with Crippen molar-refractivity contribution >= 4 is 23.3 Å². The molecule has 0 unspecified atom stereocenters. The first-order valence-corrected chi connectivity index (χ1v) is 5.75. The summed E-state index contributed by atoms with van der Waals surface area (Å²) in [5.41, 5.74) is 7.87. The van der Waals surface area contributed by atoms with Gasteiger partial charge in [-0.05, 0) is 24.6 Å². The fourth-order valence-electron chi connectivity index (χ4n) is 1.80. The third-order valence-electron chi connectivity index (χ3n) is 2.82. The number of hydrogen-bond donors (Lipinski definition) is 3. The Hall–Kier alpha value is -2.24. The minimum Gasteiger partial charge on any atom is -0.399 e. The largest absolute Gasteiger partial charge is 0.399 e. The Bertz CT molecular complexity index is 487. The molecule has 1 saturated heterocycles. The molecule has 96 valence electrons. The zero-order valence-electron chi connectivity index (χ0n) is 10.2. The van der Waals surface area contributed by atoms with Crippen molar-refractivity contribution in [3.63, 3.8) is 0 Å². The zero-order chi connectivity index (χ0) is 13.1. The van der Waals surface area contributed by atoms with E-state index in [2.05, 4.69) is 10.6 Å². The number of aryl methyl sites for hydroxylation is 1. The highest BCUT2D eigenvalue weighted by Crippen LogP contribution is 2.18. The van der Waals surface area contributed by atoms with E-state index in [1.54, 1.807) is 12.1 Å². The summed E-state index contributed by atoms with van der Waals surface area (Å²) >= 11 is 0. The average Bonchev–Trinajstić information content (AvgIpc) is 2.70. The van der Waals surface area contributed by atoms with E-state index in [9.17, 15) is 9.59 Å². The number of urea groups is 1. The van der Waals surface area contributed by atoms with Crippen LogP contribution in [0, 0.1) is 6.92 Å². The highest BCUT2D eigenvalue weighted by Gasteiger charge is 2.21. The number of benzene rings is 1. The quantitative estimate of drug-likeness (QED) is 0.682. The molecular formula is C12H16N4O2. The van der Waals surface area contributed by atoms with Gasteiger partial charge < -0.3 is 21.3 Å². The van der Waals surface area contributed by atoms with Gasteiger partial charge in [0.1, 0.15) is 6.54 Å². The van der Waals surface area contributed by atoms with Crippen molar-refractivity contribution < 1.29 is 9.59 Å². The number of carbonyl (C=O) groups excluding carboxylic acids is 2. The lowest BCUT2D eigenvalue weighted by atomic mass is 10.2. The maximum absolute atomic E-state index is 11.8. The predicted octanol–water partition coefficient (Wildman–Crippen LogP) is 0.541. The Morgan fingerprint density at radius 2 is 2.33 bits per heavy atom. The molecule has 3 amide bonds. The zero-order valence-corrected chi connectivity index (χ0v) is 10.2. The van der Waals surface area contributed by atoms with Crippen LogP contribution in [0.5, 0.6) is 0 Å². The minimum atomic E-state index is -0.222. The second-order valence-electron chi connectivity index (χ2n) is 4.28. The second kappa shape index (κ2) is 4.95. The van der Waals surface area contributed by atoms with Crippen LogP contribution in [0.2, 0.25) is 0 Å². The maximum atomic E-state index is 11.8. The summed E-state index contributed by atoms with van der Waals surface area (Å²) in [4.78, 5) is 24.6. The Morgan fingerprint density at radius 3 is 3.00 bits per heavy atom. The number of rotatable bonds is 3. The van der Waals surface area contributed by atoms with Crippen LogP contribution in [0.1, 0.15) is 5.56 Å². The Balaban J connectivity index is 1.98. The van der Waals surface area contributed by atoms with Crippen molar-refractivity contribution in [2.75, 3.05) is 30.7 Å². The lowest BCUT2D eigenvalue weighted by Crippen LogP contribution is -2.35. The van der Waals surface area contributed by atoms with Crippen molar-refractivity contribution in [2.24, 2.45) is 0 Å². The number of hydrogen-bond acceptors (Lipinski definition) is 3. The van der Waals surface area contributed by atoms with Crippen LogP contribution >= 0.6 is 0 Å². The molecule has 6 heteroatoms. The Labute approximate surface area is 105 Å². The number of nitrogens with two attached hydrogens (primary N) is 1. The molecule has 1 fully saturated rings. The molecule has 1 aliphatic heterocycles. The summed E-state index contributed by atoms with van der Waals surface area (Å²) in [5.74, 6) is -0.222. The summed E-state index contributed by atoms with van der Waals surface area (Å²) < 4.78 is 0. The van der Waals surface area contributed by atoms with Crippen molar-refractivity contribution in [3.05, 3.63) is 23.8 Å². The monoisotopic (exact) mass is 248 g/mol. The van der Waals surface area contributed by atoms with Crippen LogP contribution in [0.15, 0.2) is 18.2 Å². The van der Waals surface area contributed by atoms with Gasteiger partial charge in [0, 0.05) is 24.5 Å². The van der Waals surface area contributed by atoms with Crippen LogP contribution in [0.3, 0.4) is 0 Å². The summed E-state index contributed by atoms with van der Waals surface area (Å²) in [6, 6.07) is 5.12. The van der Waals surface area contributed by atoms with E-state index in [0.29, 0.717) is 24.5 Å². The first-order valence-electron chi connectivity index (χ1n) is 5.75. The molecule has 0 aromatic heterocycles. The first kappa shape index (κ1) is 12.2. The molecule has 18 heavy (non-hydrogen) atoms. The smallest absolute Gasteiger partial charge is 0.317 e. The van der Waals surface area contributed by atoms with E-state index in [-0.39, 0.29) is 18.5 Å². The lowest BCUT2D eigenvalue weighted by molar-refractivity contribution is -0.116. The molecular weight excluding hydrogens is 232 g/mol. The minimum absolute atomic E-state index is 0.0556. The standard InChI is InChI=1S/C12H16N4O2/c1-8-2-3-9(13)6-10(8)15-11(17)7-16-5-4-14-12(16)18/h2-3,6H,4-5,7,13H2,1H3,(H,14,18)(H,15,17). The van der Waals surface area contributed by atoms with Gasteiger partial charge in [-0.2, -0.15) is 0 Å². The van der Waals surface area contributed by atoms with E-state index in [1.807, 2.05) is 13.0 Å². The number of nitrogens with one attached hydrogen (secondary N) is 2. The van der Waals surface area contributed by atoms with Gasteiger partial charge in [0.15, 0.2) is 0 Å². The van der Waals surface area contributed by atoms with Crippen molar-refractivity contribution in [1.82, 2.24) is 10.2 Å². The van der Waals surface area contributed by atoms with Crippen LogP contribution < -0.4 is 16.4 Å². The molecule has 4 N–H and O–H groups in total. The number of nitrogens with zero attached hydrogens (tertiary/aromatic N) is 1. The fourth-order valence-corrected chi connectivity index (χ4v) is 1.80. The summed E-state index contributed by atoms with van der Waals surface area (Å²) in [6.45, 7) is 3.09. The summed E-state index contributed by atoms with van der Waals surface area (Å²) in [5, 5.41) is 5.40. The van der Waals surface area contributed by atoms with Crippen LogP contribution in [-0.4, -0.2) is 36.5 Å². The van der Waals surface area contributed by atoms with Crippen LogP contribution in [0.25, 0.3) is 0 Å². The molecule has 0 saturated carbocycles. The van der Waals surface area contributed by atoms with E-state index in [0.717, 1.165) is 5.56 Å². The van der Waals surface area contributed by atoms with Crippen molar-refractivity contribution in [3.8, 4) is 0 Å². The molecule has 1 aliphatic rings. The third kappa shape index (κ3) is 2.71. The molecule has 0 aliphatic carbocycles. The molecule has 2 rings (SSSR count). The van der Waals surface area contributed by atoms with E-state index < -0.39 is 0 Å². The van der Waals surface area contributed by atoms with E-state index >= 15 is 0 Å². The Morgan fingerprint density at radius 1 is 1.56 bits per heavy atom. The molecule has 6 nitrogen and oxygen atoms in total. The number of nitrogen functional groups attached to an aromatic ring is 1. The van der Waals surface area contributed by atoms with Gasteiger partial charge in [-0.25, -0.2) is 4.79 Å². The lowest BCUT2D eigenvalue weighted by Gasteiger charge is -2.14. The number of amides is 3. The van der Waals surface area contributed by atoms with Crippen molar-refractivity contribution in [1.29, 1.82) is 0 Å². The fraction of sp³-hybridized carbons (Fsp3) is 0.333. The number of anilines is 2. The van der Waals surface area contributed by atoms with Gasteiger partial charge in [0.25, 0.3) is 0 Å². The molecule has 0 radical (unpaired) electrons. The maximum Gasteiger partial charge on any atom is 0.317 e. The Kier molecular flexibility index (Phi) is 3.36. The van der Waals surface area contributed by atoms with Gasteiger partial charge >= 0.3 is 6.03 Å². The van der Waals surface area contributed by atoms with Gasteiger partial charge in [-0.1, -0.05) is 6.07 Å². The van der Waals surface area contributed by atoms with Gasteiger partial charge in [0.2, 0.25) is 5.91 Å². The average molecular weight is 248 g/mol. The molecule has 1 aromatic rings. The highest BCUT2D eigenvalue weighted by atomic mass is 16.2. The SMILES string of the molecule is Cc1ccc(N)cc1NC(=O)CN1CCNC1=O. The van der Waals surface area contributed by atoms with E-state index in [1.165, 1.54) is 4.90 Å². The van der Waals surface area contributed by atoms with E-state index in [4.69, 9.17) is 5.73 Å². The van der Waals surface area contributed by atoms with Crippen molar-refractivity contribution in [2.45, 2.75) is 6.92 Å². The topological polar surface area (TPSA) is 87.5 Å². The van der Waals surface area contributed by atoms with Gasteiger partial charge in [0.05, 0.1) is 0 Å². The predicted molar refractivity (Wildman–Crippen MR) is 69.2 cm³/mol. The second-order valence-corrected chi connectivity index (χ2v) is 4.28.